The first-order valence-electron chi connectivity index (χ1n) is 23.1. The highest BCUT2D eigenvalue weighted by atomic mass is 15.0. The molecule has 4 nitrogen and oxygen atoms in total. The zero-order chi connectivity index (χ0) is 44.2. The fourth-order valence-corrected chi connectivity index (χ4v) is 10.5. The molecule has 0 amide bonds. The Balaban J connectivity index is 1.01. The van der Waals surface area contributed by atoms with Crippen LogP contribution in [-0.2, 0) is 17.3 Å². The minimum atomic E-state index is 0.0514. The van der Waals surface area contributed by atoms with Gasteiger partial charge < -0.3 is 13.7 Å². The van der Waals surface area contributed by atoms with Gasteiger partial charge in [-0.2, -0.15) is 0 Å². The summed E-state index contributed by atoms with van der Waals surface area (Å²) < 4.78 is 7.34. The first-order chi connectivity index (χ1) is 31.5. The van der Waals surface area contributed by atoms with E-state index < -0.39 is 0 Å². The van der Waals surface area contributed by atoms with Gasteiger partial charge in [0.25, 0.3) is 0 Å². The fraction of sp³-hybridized carbons (Fsp3) is 0.164. The Morgan fingerprint density at radius 2 is 0.892 bits per heavy atom. The van der Waals surface area contributed by atoms with Gasteiger partial charge in [-0.15, -0.1) is 0 Å². The van der Waals surface area contributed by atoms with Crippen LogP contribution in [0.5, 0.6) is 0 Å². The first kappa shape index (κ1) is 39.2. The van der Waals surface area contributed by atoms with Crippen LogP contribution >= 0.6 is 0 Å². The predicted octanol–water partition coefficient (Wildman–Crippen LogP) is 16.1. The third-order valence-electron chi connectivity index (χ3n) is 13.9. The molecule has 0 spiro atoms. The van der Waals surface area contributed by atoms with Crippen LogP contribution in [0.25, 0.3) is 99.9 Å². The van der Waals surface area contributed by atoms with E-state index in [0.717, 1.165) is 52.2 Å². The van der Waals surface area contributed by atoms with Crippen molar-refractivity contribution in [3.8, 4) is 39.3 Å². The number of hydrogen-bond donors (Lipinski definition) is 0. The summed E-state index contributed by atoms with van der Waals surface area (Å²) in [5, 5.41) is 6.42. The maximum absolute atomic E-state index is 4.92. The average molecular weight is 841 g/mol. The Morgan fingerprint density at radius 3 is 1.48 bits per heavy atom. The van der Waals surface area contributed by atoms with E-state index in [1.165, 1.54) is 76.9 Å². The second kappa shape index (κ2) is 14.6. The topological polar surface area (TPSA) is 27.7 Å². The SMILES string of the molecule is CC(C)(C)c1ccc2c(c1)c1cc(C(C)(C)C)ccc1n2-c1ccc(-c2cncc(-c3cc(-n4c5c(c6ccccc64)CCC=C5)cc(-n4c5ccccc5c5ccccc54)c3)c2)cc1. The molecule has 1 aliphatic carbocycles. The molecule has 65 heavy (non-hydrogen) atoms. The number of pyridine rings is 1. The summed E-state index contributed by atoms with van der Waals surface area (Å²) in [6.07, 6.45) is 10.8. The van der Waals surface area contributed by atoms with Gasteiger partial charge in [0, 0.05) is 73.2 Å². The number of benzene rings is 7. The van der Waals surface area contributed by atoms with Crippen LogP contribution in [0, 0.1) is 0 Å². The summed E-state index contributed by atoms with van der Waals surface area (Å²) >= 11 is 0. The van der Waals surface area contributed by atoms with Crippen molar-refractivity contribution in [2.24, 2.45) is 0 Å². The number of nitrogens with zero attached hydrogens (tertiary/aromatic N) is 4. The molecule has 0 saturated carbocycles. The summed E-state index contributed by atoms with van der Waals surface area (Å²) in [4.78, 5) is 4.92. The molecule has 11 aromatic rings. The molecule has 0 fully saturated rings. The second-order valence-electron chi connectivity index (χ2n) is 20.1. The lowest BCUT2D eigenvalue weighted by molar-refractivity contribution is 0.590. The monoisotopic (exact) mass is 840 g/mol. The third kappa shape index (κ3) is 6.37. The van der Waals surface area contributed by atoms with E-state index >= 15 is 0 Å². The number of aryl methyl sites for hydroxylation is 1. The van der Waals surface area contributed by atoms with Gasteiger partial charge in [-0.25, -0.2) is 0 Å². The smallest absolute Gasteiger partial charge is 0.0541 e. The Bertz CT molecular complexity index is 3600. The quantitative estimate of drug-likeness (QED) is 0.170. The van der Waals surface area contributed by atoms with Crippen molar-refractivity contribution in [3.63, 3.8) is 0 Å². The summed E-state index contributed by atoms with van der Waals surface area (Å²) in [5.41, 5.74) is 19.3. The molecule has 0 saturated heterocycles. The van der Waals surface area contributed by atoms with Crippen molar-refractivity contribution in [3.05, 3.63) is 199 Å². The van der Waals surface area contributed by atoms with Gasteiger partial charge >= 0.3 is 0 Å². The van der Waals surface area contributed by atoms with Crippen LogP contribution in [-0.4, -0.2) is 18.7 Å². The Labute approximate surface area is 380 Å². The van der Waals surface area contributed by atoms with Gasteiger partial charge in [0.1, 0.15) is 0 Å². The van der Waals surface area contributed by atoms with E-state index in [1.807, 2.05) is 12.4 Å². The van der Waals surface area contributed by atoms with Gasteiger partial charge in [0.2, 0.25) is 0 Å². The summed E-state index contributed by atoms with van der Waals surface area (Å²) in [6, 6.07) is 58.9. The van der Waals surface area contributed by atoms with Crippen LogP contribution < -0.4 is 0 Å². The van der Waals surface area contributed by atoms with Gasteiger partial charge in [-0.1, -0.05) is 126 Å². The van der Waals surface area contributed by atoms with E-state index in [9.17, 15) is 0 Å². The first-order valence-corrected chi connectivity index (χ1v) is 23.1. The molecular formula is C61H52N4. The lowest BCUT2D eigenvalue weighted by Crippen LogP contribution is -2.10. The van der Waals surface area contributed by atoms with Crippen molar-refractivity contribution < 1.29 is 0 Å². The average Bonchev–Trinajstić information content (AvgIpc) is 3.96. The highest BCUT2D eigenvalue weighted by Gasteiger charge is 2.23. The lowest BCUT2D eigenvalue weighted by atomic mass is 9.85. The second-order valence-corrected chi connectivity index (χ2v) is 20.1. The summed E-state index contributed by atoms with van der Waals surface area (Å²) in [7, 11) is 0. The van der Waals surface area contributed by atoms with Gasteiger partial charge in [0.15, 0.2) is 0 Å². The van der Waals surface area contributed by atoms with E-state index in [1.54, 1.807) is 0 Å². The lowest BCUT2D eigenvalue weighted by Gasteiger charge is -2.19. The molecule has 4 heterocycles. The predicted molar refractivity (Wildman–Crippen MR) is 275 cm³/mol. The number of hydrogen-bond acceptors (Lipinski definition) is 1. The van der Waals surface area contributed by atoms with Crippen LogP contribution in [0.3, 0.4) is 0 Å². The standard InChI is InChI=1S/C61H52N4/c1-60(2,3)43-25-29-58-52(34-43)53-35-44(61(4,5)6)26-30-59(53)63(58)45-27-23-39(24-28-45)41-31-42(38-62-37-41)40-32-46(64-54-19-11-7-15-48(54)49-16-8-12-20-55(49)64)36-47(33-40)65-56-21-13-9-17-50(56)51-18-10-14-22-57(51)65/h7-9,11-17,19-38H,10,18H2,1-6H3. The maximum Gasteiger partial charge on any atom is 0.0541 e. The Kier molecular flexibility index (Phi) is 8.77. The number of para-hydroxylation sites is 3. The van der Waals surface area contributed by atoms with E-state index in [4.69, 9.17) is 4.98 Å². The van der Waals surface area contributed by atoms with Crippen molar-refractivity contribution >= 4 is 60.6 Å². The number of fused-ring (bicyclic) bond motifs is 9. The summed E-state index contributed by atoms with van der Waals surface area (Å²) in [6.45, 7) is 13.8. The molecule has 4 heteroatoms. The van der Waals surface area contributed by atoms with Crippen LogP contribution in [0.4, 0.5) is 0 Å². The zero-order valence-corrected chi connectivity index (χ0v) is 38.0. The number of rotatable bonds is 5. The van der Waals surface area contributed by atoms with E-state index in [0.29, 0.717) is 0 Å². The Morgan fingerprint density at radius 1 is 0.400 bits per heavy atom. The largest absolute Gasteiger partial charge is 0.309 e. The van der Waals surface area contributed by atoms with Crippen molar-refractivity contribution in [1.29, 1.82) is 0 Å². The van der Waals surface area contributed by atoms with Crippen molar-refractivity contribution in [1.82, 2.24) is 18.7 Å². The highest BCUT2D eigenvalue weighted by molar-refractivity contribution is 6.11. The van der Waals surface area contributed by atoms with Crippen LogP contribution in [0.15, 0.2) is 176 Å². The molecule has 316 valence electrons. The van der Waals surface area contributed by atoms with Gasteiger partial charge in [-0.05, 0) is 136 Å². The zero-order valence-electron chi connectivity index (χ0n) is 38.0. The van der Waals surface area contributed by atoms with Gasteiger partial charge in [-0.3, -0.25) is 4.98 Å². The van der Waals surface area contributed by atoms with E-state index in [2.05, 4.69) is 225 Å². The Hall–Kier alpha value is -7.43. The minimum absolute atomic E-state index is 0.0514. The molecule has 12 rings (SSSR count). The molecule has 1 aliphatic rings. The molecular weight excluding hydrogens is 789 g/mol. The van der Waals surface area contributed by atoms with Gasteiger partial charge in [0.05, 0.1) is 27.6 Å². The summed E-state index contributed by atoms with van der Waals surface area (Å²) in [5.74, 6) is 0. The van der Waals surface area contributed by atoms with Crippen molar-refractivity contribution in [2.45, 2.75) is 65.2 Å². The molecule has 0 atom stereocenters. The van der Waals surface area contributed by atoms with E-state index in [-0.39, 0.29) is 10.8 Å². The fourth-order valence-electron chi connectivity index (χ4n) is 10.5. The third-order valence-corrected chi connectivity index (χ3v) is 13.9. The molecule has 0 radical (unpaired) electrons. The molecule has 0 unspecified atom stereocenters. The number of aromatic nitrogens is 4. The van der Waals surface area contributed by atoms with Crippen molar-refractivity contribution in [2.75, 3.05) is 0 Å². The number of allylic oxidation sites excluding steroid dienone is 1. The molecule has 7 aromatic carbocycles. The minimum Gasteiger partial charge on any atom is -0.309 e. The highest BCUT2D eigenvalue weighted by Crippen LogP contribution is 2.41. The molecule has 0 N–H and O–H groups in total. The van der Waals surface area contributed by atoms with Crippen LogP contribution in [0.1, 0.15) is 70.3 Å². The molecule has 4 aromatic heterocycles. The maximum atomic E-state index is 4.92. The van der Waals surface area contributed by atoms with Crippen LogP contribution in [0.2, 0.25) is 0 Å². The molecule has 0 aliphatic heterocycles. The molecule has 0 bridgehead atoms. The normalized spacial score (nSPS) is 13.2.